The number of carbonyl (C=O) groups excluding carboxylic acids is 4. The number of benzene rings is 1. The highest BCUT2D eigenvalue weighted by atomic mass is 16.4. The van der Waals surface area contributed by atoms with Gasteiger partial charge >= 0.3 is 0 Å². The Labute approximate surface area is 180 Å². The van der Waals surface area contributed by atoms with E-state index in [1.54, 1.807) is 5.32 Å². The number of likely N-dealkylation sites (tertiary alicyclic amines) is 1. The molecule has 31 heavy (non-hydrogen) atoms. The molecule has 8 heteroatoms. The summed E-state index contributed by atoms with van der Waals surface area (Å²) in [4.78, 5) is 53.3. The van der Waals surface area contributed by atoms with Gasteiger partial charge in [-0.2, -0.15) is 0 Å². The summed E-state index contributed by atoms with van der Waals surface area (Å²) in [6.45, 7) is 1.90. The van der Waals surface area contributed by atoms with Gasteiger partial charge in [-0.15, -0.1) is 0 Å². The highest BCUT2D eigenvalue weighted by Crippen LogP contribution is 2.51. The number of rotatable bonds is 4. The topological polar surface area (TPSA) is 123 Å². The van der Waals surface area contributed by atoms with Crippen LogP contribution >= 0.6 is 0 Å². The van der Waals surface area contributed by atoms with Gasteiger partial charge in [-0.25, -0.2) is 0 Å². The average molecular weight is 425 g/mol. The molecule has 164 valence electrons. The van der Waals surface area contributed by atoms with E-state index in [1.165, 1.54) is 4.90 Å². The SMILES string of the molecule is Cc1cccc2c1NC(=O)[C@@]21[NH2+][C@H](CCC(=O)[O-])[C@H]2C(=O)N(C3CCCCC3)C(=O)[C@H]21. The second-order valence-electron chi connectivity index (χ2n) is 9.40. The molecule has 4 atom stereocenters. The number of aryl methyl sites for hydroxylation is 1. The lowest BCUT2D eigenvalue weighted by atomic mass is 9.76. The third-order valence-electron chi connectivity index (χ3n) is 7.77. The highest BCUT2D eigenvalue weighted by Gasteiger charge is 2.74. The number of aliphatic carboxylic acids is 1. The van der Waals surface area contributed by atoms with Crippen molar-refractivity contribution in [3.8, 4) is 0 Å². The van der Waals surface area contributed by atoms with E-state index in [-0.39, 0.29) is 36.6 Å². The van der Waals surface area contributed by atoms with Gasteiger partial charge in [-0.05, 0) is 31.7 Å². The van der Waals surface area contributed by atoms with Gasteiger partial charge in [0.25, 0.3) is 5.91 Å². The summed E-state index contributed by atoms with van der Waals surface area (Å²) in [5.74, 6) is -3.54. The Morgan fingerprint density at radius 3 is 2.65 bits per heavy atom. The van der Waals surface area contributed by atoms with Crippen LogP contribution in [0.1, 0.15) is 56.1 Å². The number of carbonyl (C=O) groups is 4. The molecule has 1 aliphatic carbocycles. The van der Waals surface area contributed by atoms with Crippen molar-refractivity contribution in [3.05, 3.63) is 29.3 Å². The summed E-state index contributed by atoms with van der Waals surface area (Å²) in [6.07, 6.45) is 4.60. The number of fused-ring (bicyclic) bond motifs is 4. The normalized spacial score (nSPS) is 32.5. The molecule has 1 spiro atoms. The second-order valence-corrected chi connectivity index (χ2v) is 9.40. The zero-order valence-electron chi connectivity index (χ0n) is 17.6. The number of carboxylic acids is 1. The molecule has 3 heterocycles. The number of nitrogens with two attached hydrogens (primary N) is 1. The van der Waals surface area contributed by atoms with Gasteiger partial charge in [0.15, 0.2) is 0 Å². The number of imide groups is 1. The van der Waals surface area contributed by atoms with E-state index >= 15 is 0 Å². The van der Waals surface area contributed by atoms with Crippen LogP contribution in [0, 0.1) is 18.8 Å². The van der Waals surface area contributed by atoms with E-state index in [4.69, 9.17) is 0 Å². The van der Waals surface area contributed by atoms with E-state index in [0.717, 1.165) is 43.2 Å². The average Bonchev–Trinajstić information content (AvgIpc) is 3.33. The molecule has 0 radical (unpaired) electrons. The van der Waals surface area contributed by atoms with Gasteiger partial charge < -0.3 is 20.5 Å². The molecule has 0 aromatic heterocycles. The predicted octanol–water partition coefficient (Wildman–Crippen LogP) is -0.448. The summed E-state index contributed by atoms with van der Waals surface area (Å²) in [5.41, 5.74) is 1.07. The van der Waals surface area contributed by atoms with Crippen molar-refractivity contribution in [1.29, 1.82) is 0 Å². The zero-order valence-corrected chi connectivity index (χ0v) is 17.6. The largest absolute Gasteiger partial charge is 0.550 e. The third-order valence-corrected chi connectivity index (χ3v) is 7.77. The van der Waals surface area contributed by atoms with Crippen molar-refractivity contribution < 1.29 is 29.6 Å². The number of nitrogens with one attached hydrogen (secondary N) is 1. The number of amides is 3. The first kappa shape index (κ1) is 20.2. The maximum absolute atomic E-state index is 13.8. The molecule has 0 unspecified atom stereocenters. The van der Waals surface area contributed by atoms with Crippen LogP contribution in [-0.2, 0) is 24.7 Å². The molecule has 5 rings (SSSR count). The number of para-hydroxylation sites is 1. The van der Waals surface area contributed by atoms with Gasteiger partial charge in [0, 0.05) is 24.0 Å². The van der Waals surface area contributed by atoms with Crippen molar-refractivity contribution in [2.45, 2.75) is 69.5 Å². The number of nitrogens with zero attached hydrogens (tertiary/aromatic N) is 1. The molecule has 1 saturated carbocycles. The van der Waals surface area contributed by atoms with Crippen LogP contribution in [0.2, 0.25) is 0 Å². The van der Waals surface area contributed by atoms with Crippen LogP contribution < -0.4 is 15.7 Å². The molecule has 1 aromatic carbocycles. The lowest BCUT2D eigenvalue weighted by molar-refractivity contribution is -0.734. The molecule has 3 amide bonds. The first-order valence-electron chi connectivity index (χ1n) is 11.2. The lowest BCUT2D eigenvalue weighted by Crippen LogP contribution is -2.99. The molecule has 3 N–H and O–H groups in total. The Morgan fingerprint density at radius 1 is 1.19 bits per heavy atom. The summed E-state index contributed by atoms with van der Waals surface area (Å²) in [5, 5.41) is 15.9. The summed E-state index contributed by atoms with van der Waals surface area (Å²) < 4.78 is 0. The van der Waals surface area contributed by atoms with Crippen LogP contribution in [-0.4, -0.2) is 40.7 Å². The van der Waals surface area contributed by atoms with Crippen molar-refractivity contribution in [2.24, 2.45) is 11.8 Å². The fraction of sp³-hybridized carbons (Fsp3) is 0.565. The fourth-order valence-corrected chi connectivity index (χ4v) is 6.41. The second kappa shape index (κ2) is 7.15. The Kier molecular flexibility index (Phi) is 4.66. The predicted molar refractivity (Wildman–Crippen MR) is 107 cm³/mol. The Balaban J connectivity index is 1.61. The van der Waals surface area contributed by atoms with Gasteiger partial charge in [-0.1, -0.05) is 37.5 Å². The maximum Gasteiger partial charge on any atom is 0.291 e. The zero-order chi connectivity index (χ0) is 21.9. The van der Waals surface area contributed by atoms with E-state index in [1.807, 2.05) is 25.1 Å². The standard InChI is InChI=1S/C23H27N3O5/c1-12-6-5-9-14-19(12)24-22(31)23(14)18-17(15(25-23)10-11-16(27)28)20(29)26(21(18)30)13-7-3-2-4-8-13/h5-6,9,13,15,17-18,25H,2-4,7-8,10-11H2,1H3,(H,24,31)(H,27,28)/t15-,17-,18+,23-/m1/s1. The number of carboxylic acid groups (broad SMARTS) is 1. The molecule has 1 aromatic rings. The Morgan fingerprint density at radius 2 is 1.94 bits per heavy atom. The van der Waals surface area contributed by atoms with Gasteiger partial charge in [0.1, 0.15) is 17.9 Å². The first-order valence-corrected chi connectivity index (χ1v) is 11.2. The van der Waals surface area contributed by atoms with Gasteiger partial charge in [0.2, 0.25) is 17.4 Å². The van der Waals surface area contributed by atoms with Crippen molar-refractivity contribution >= 4 is 29.4 Å². The molecular weight excluding hydrogens is 398 g/mol. The molecular formula is C23H27N3O5. The Hall–Kier alpha value is -2.74. The first-order chi connectivity index (χ1) is 14.9. The number of quaternary nitrogens is 1. The monoisotopic (exact) mass is 425 g/mol. The fourth-order valence-electron chi connectivity index (χ4n) is 6.41. The van der Waals surface area contributed by atoms with E-state index in [0.29, 0.717) is 5.69 Å². The van der Waals surface area contributed by atoms with Crippen LogP contribution in [0.5, 0.6) is 0 Å². The number of hydrogen-bond acceptors (Lipinski definition) is 5. The van der Waals surface area contributed by atoms with E-state index < -0.39 is 29.4 Å². The van der Waals surface area contributed by atoms with Gasteiger partial charge in [0.05, 0.1) is 5.69 Å². The minimum atomic E-state index is -1.24. The maximum atomic E-state index is 13.8. The molecule has 3 fully saturated rings. The minimum Gasteiger partial charge on any atom is -0.550 e. The lowest BCUT2D eigenvalue weighted by Gasteiger charge is -2.32. The van der Waals surface area contributed by atoms with Crippen molar-refractivity contribution in [1.82, 2.24) is 4.90 Å². The van der Waals surface area contributed by atoms with Crippen LogP contribution in [0.15, 0.2) is 18.2 Å². The minimum absolute atomic E-state index is 0.125. The van der Waals surface area contributed by atoms with Crippen LogP contribution in [0.3, 0.4) is 0 Å². The third kappa shape index (κ3) is 2.77. The van der Waals surface area contributed by atoms with Crippen LogP contribution in [0.4, 0.5) is 5.69 Å². The van der Waals surface area contributed by atoms with Crippen molar-refractivity contribution in [2.75, 3.05) is 5.32 Å². The number of hydrogen-bond donors (Lipinski definition) is 2. The van der Waals surface area contributed by atoms with Crippen LogP contribution in [0.25, 0.3) is 0 Å². The molecule has 3 aliphatic heterocycles. The smallest absolute Gasteiger partial charge is 0.291 e. The van der Waals surface area contributed by atoms with Gasteiger partial charge in [-0.3, -0.25) is 19.3 Å². The Bertz CT molecular complexity index is 985. The van der Waals surface area contributed by atoms with E-state index in [2.05, 4.69) is 5.32 Å². The molecule has 4 aliphatic rings. The summed E-state index contributed by atoms with van der Waals surface area (Å²) in [6, 6.07) is 5.00. The summed E-state index contributed by atoms with van der Waals surface area (Å²) >= 11 is 0. The molecule has 2 saturated heterocycles. The molecule has 0 bridgehead atoms. The number of anilines is 1. The van der Waals surface area contributed by atoms with E-state index in [9.17, 15) is 24.3 Å². The molecule has 8 nitrogen and oxygen atoms in total. The highest BCUT2D eigenvalue weighted by molar-refractivity contribution is 6.14. The summed E-state index contributed by atoms with van der Waals surface area (Å²) in [7, 11) is 0. The quantitative estimate of drug-likeness (QED) is 0.633. The van der Waals surface area contributed by atoms with Crippen molar-refractivity contribution in [3.63, 3.8) is 0 Å².